The quantitative estimate of drug-likeness (QED) is 0.922. The van der Waals surface area contributed by atoms with E-state index in [1.165, 1.54) is 0 Å². The third-order valence-corrected chi connectivity index (χ3v) is 4.48. The summed E-state index contributed by atoms with van der Waals surface area (Å²) >= 11 is 0. The third kappa shape index (κ3) is 2.52. The predicted molar refractivity (Wildman–Crippen MR) is 75.0 cm³/mol. The zero-order valence-electron chi connectivity index (χ0n) is 11.8. The standard InChI is InChI=1S/C16H21NO3/c1-12-10-20-16(9-5-8-14(12)16)17-15(18)19-11-13-6-3-2-4-7-13/h2-4,6-7,12,14H,5,8-11H2,1H3,(H,17,18)/t12-,14+,16+/m0/s1. The molecule has 1 amide bonds. The van der Waals surface area contributed by atoms with Gasteiger partial charge >= 0.3 is 6.09 Å². The summed E-state index contributed by atoms with van der Waals surface area (Å²) in [6.45, 7) is 3.21. The van der Waals surface area contributed by atoms with Crippen molar-refractivity contribution in [1.82, 2.24) is 5.32 Å². The topological polar surface area (TPSA) is 47.6 Å². The van der Waals surface area contributed by atoms with Gasteiger partial charge in [0, 0.05) is 5.92 Å². The molecular weight excluding hydrogens is 254 g/mol. The molecule has 2 fully saturated rings. The Bertz CT molecular complexity index is 476. The highest BCUT2D eigenvalue weighted by atomic mass is 16.6. The third-order valence-electron chi connectivity index (χ3n) is 4.48. The molecule has 1 aromatic rings. The molecule has 0 unspecified atom stereocenters. The summed E-state index contributed by atoms with van der Waals surface area (Å²) in [5, 5.41) is 2.97. The molecule has 1 aromatic carbocycles. The molecule has 1 aliphatic carbocycles. The van der Waals surface area contributed by atoms with Crippen molar-refractivity contribution in [3.63, 3.8) is 0 Å². The van der Waals surface area contributed by atoms with E-state index in [4.69, 9.17) is 9.47 Å². The average Bonchev–Trinajstić information content (AvgIpc) is 2.99. The van der Waals surface area contributed by atoms with Gasteiger partial charge in [-0.15, -0.1) is 0 Å². The first kappa shape index (κ1) is 13.4. The van der Waals surface area contributed by atoms with E-state index in [1.54, 1.807) is 0 Å². The van der Waals surface area contributed by atoms with Crippen molar-refractivity contribution in [3.05, 3.63) is 35.9 Å². The van der Waals surface area contributed by atoms with Gasteiger partial charge in [-0.1, -0.05) is 37.3 Å². The minimum atomic E-state index is -0.479. The van der Waals surface area contributed by atoms with Gasteiger partial charge in [0.05, 0.1) is 6.61 Å². The van der Waals surface area contributed by atoms with Crippen molar-refractivity contribution >= 4 is 6.09 Å². The van der Waals surface area contributed by atoms with E-state index in [0.717, 1.165) is 31.4 Å². The van der Waals surface area contributed by atoms with Gasteiger partial charge in [-0.05, 0) is 30.7 Å². The molecule has 1 aliphatic heterocycles. The predicted octanol–water partition coefficient (Wildman–Crippen LogP) is 3.08. The van der Waals surface area contributed by atoms with Crippen molar-refractivity contribution in [2.75, 3.05) is 6.61 Å². The van der Waals surface area contributed by atoms with Crippen LogP contribution in [0, 0.1) is 11.8 Å². The molecule has 3 atom stereocenters. The Labute approximate surface area is 119 Å². The van der Waals surface area contributed by atoms with Crippen LogP contribution in [0.15, 0.2) is 30.3 Å². The number of carbonyl (C=O) groups excluding carboxylic acids is 1. The van der Waals surface area contributed by atoms with Crippen LogP contribution in [0.3, 0.4) is 0 Å². The number of rotatable bonds is 3. The normalized spacial score (nSPS) is 31.9. The Hall–Kier alpha value is -1.55. The van der Waals surface area contributed by atoms with Crippen LogP contribution in [0.4, 0.5) is 4.79 Å². The van der Waals surface area contributed by atoms with Crippen LogP contribution in [0.1, 0.15) is 31.7 Å². The van der Waals surface area contributed by atoms with Gasteiger partial charge in [-0.2, -0.15) is 0 Å². The maximum atomic E-state index is 12.0. The second-order valence-corrected chi connectivity index (χ2v) is 5.86. The monoisotopic (exact) mass is 275 g/mol. The molecule has 1 saturated carbocycles. The first-order valence-electron chi connectivity index (χ1n) is 7.32. The van der Waals surface area contributed by atoms with Crippen molar-refractivity contribution in [3.8, 4) is 0 Å². The van der Waals surface area contributed by atoms with E-state index < -0.39 is 5.72 Å². The minimum absolute atomic E-state index is 0.295. The van der Waals surface area contributed by atoms with Gasteiger partial charge in [-0.25, -0.2) is 4.79 Å². The molecule has 4 heteroatoms. The first-order valence-corrected chi connectivity index (χ1v) is 7.32. The number of ether oxygens (including phenoxy) is 2. The Kier molecular flexibility index (Phi) is 3.66. The van der Waals surface area contributed by atoms with Gasteiger partial charge in [0.2, 0.25) is 0 Å². The van der Waals surface area contributed by atoms with Crippen molar-refractivity contribution < 1.29 is 14.3 Å². The fraction of sp³-hybridized carbons (Fsp3) is 0.562. The lowest BCUT2D eigenvalue weighted by Gasteiger charge is -2.29. The maximum absolute atomic E-state index is 12.0. The summed E-state index contributed by atoms with van der Waals surface area (Å²) in [4.78, 5) is 12.0. The minimum Gasteiger partial charge on any atom is -0.445 e. The Morgan fingerprint density at radius 3 is 3.05 bits per heavy atom. The Morgan fingerprint density at radius 2 is 2.25 bits per heavy atom. The number of nitrogens with one attached hydrogen (secondary N) is 1. The molecule has 4 nitrogen and oxygen atoms in total. The maximum Gasteiger partial charge on any atom is 0.409 e. The molecule has 0 aromatic heterocycles. The van der Waals surface area contributed by atoms with Gasteiger partial charge in [0.1, 0.15) is 12.3 Å². The molecule has 20 heavy (non-hydrogen) atoms. The molecule has 108 valence electrons. The summed E-state index contributed by atoms with van der Waals surface area (Å²) in [5.74, 6) is 0.929. The summed E-state index contributed by atoms with van der Waals surface area (Å²) < 4.78 is 11.2. The zero-order valence-corrected chi connectivity index (χ0v) is 11.8. The van der Waals surface area contributed by atoms with E-state index in [9.17, 15) is 4.79 Å². The van der Waals surface area contributed by atoms with E-state index in [2.05, 4.69) is 12.2 Å². The van der Waals surface area contributed by atoms with Crippen LogP contribution in [0.25, 0.3) is 0 Å². The first-order chi connectivity index (χ1) is 9.70. The number of hydrogen-bond donors (Lipinski definition) is 1. The van der Waals surface area contributed by atoms with E-state index >= 15 is 0 Å². The summed E-state index contributed by atoms with van der Waals surface area (Å²) in [5.41, 5.74) is 0.511. The highest BCUT2D eigenvalue weighted by Crippen LogP contribution is 2.46. The van der Waals surface area contributed by atoms with Crippen LogP contribution in [0.5, 0.6) is 0 Å². The molecule has 1 N–H and O–H groups in total. The highest BCUT2D eigenvalue weighted by molar-refractivity contribution is 5.68. The van der Waals surface area contributed by atoms with Crippen LogP contribution < -0.4 is 5.32 Å². The number of amides is 1. The van der Waals surface area contributed by atoms with Crippen LogP contribution in [0.2, 0.25) is 0 Å². The summed E-state index contributed by atoms with van der Waals surface area (Å²) in [6.07, 6.45) is 2.74. The summed E-state index contributed by atoms with van der Waals surface area (Å²) in [7, 11) is 0. The number of fused-ring (bicyclic) bond motifs is 1. The molecule has 0 bridgehead atoms. The van der Waals surface area contributed by atoms with Gasteiger partial charge in [0.15, 0.2) is 0 Å². The van der Waals surface area contributed by atoms with Gasteiger partial charge < -0.3 is 9.47 Å². The fourth-order valence-electron chi connectivity index (χ4n) is 3.45. The zero-order chi connectivity index (χ0) is 14.0. The van der Waals surface area contributed by atoms with Crippen LogP contribution in [-0.4, -0.2) is 18.4 Å². The lowest BCUT2D eigenvalue weighted by molar-refractivity contribution is -0.0358. The lowest BCUT2D eigenvalue weighted by atomic mass is 9.90. The van der Waals surface area contributed by atoms with Gasteiger partial charge in [0.25, 0.3) is 0 Å². The van der Waals surface area contributed by atoms with E-state index in [1.807, 2.05) is 30.3 Å². The van der Waals surface area contributed by atoms with Crippen molar-refractivity contribution in [1.29, 1.82) is 0 Å². The highest BCUT2D eigenvalue weighted by Gasteiger charge is 2.52. The number of benzene rings is 1. The summed E-state index contributed by atoms with van der Waals surface area (Å²) in [6, 6.07) is 9.70. The van der Waals surface area contributed by atoms with Crippen LogP contribution in [-0.2, 0) is 16.1 Å². The Balaban J connectivity index is 1.56. The number of alkyl carbamates (subject to hydrolysis) is 1. The van der Waals surface area contributed by atoms with E-state index in [-0.39, 0.29) is 6.09 Å². The molecular formula is C16H21NO3. The SMILES string of the molecule is C[C@H]1CO[C@]2(NC(=O)OCc3ccccc3)CCC[C@H]12. The Morgan fingerprint density at radius 1 is 1.45 bits per heavy atom. The second kappa shape index (κ2) is 5.44. The van der Waals surface area contributed by atoms with E-state index in [0.29, 0.717) is 18.4 Å². The smallest absolute Gasteiger partial charge is 0.409 e. The number of hydrogen-bond acceptors (Lipinski definition) is 3. The molecule has 1 heterocycles. The van der Waals surface area contributed by atoms with Crippen LogP contribution >= 0.6 is 0 Å². The molecule has 1 saturated heterocycles. The molecule has 0 spiro atoms. The molecule has 0 radical (unpaired) electrons. The second-order valence-electron chi connectivity index (χ2n) is 5.86. The lowest BCUT2D eigenvalue weighted by Crippen LogP contribution is -2.50. The average molecular weight is 275 g/mol. The molecule has 3 rings (SSSR count). The van der Waals surface area contributed by atoms with Gasteiger partial charge in [-0.3, -0.25) is 5.32 Å². The van der Waals surface area contributed by atoms with Crippen molar-refractivity contribution in [2.45, 2.75) is 38.5 Å². The van der Waals surface area contributed by atoms with Crippen molar-refractivity contribution in [2.24, 2.45) is 11.8 Å². The molecule has 2 aliphatic rings. The number of carbonyl (C=O) groups is 1. The fourth-order valence-corrected chi connectivity index (χ4v) is 3.45. The largest absolute Gasteiger partial charge is 0.445 e.